The number of allylic oxidation sites excluding steroid dienone is 2. The summed E-state index contributed by atoms with van der Waals surface area (Å²) >= 11 is 12.2. The highest BCUT2D eigenvalue weighted by atomic mass is 35.5. The Balaban J connectivity index is 1.80. The molecule has 260 valence electrons. The summed E-state index contributed by atoms with van der Waals surface area (Å²) in [7, 11) is 0. The van der Waals surface area contributed by atoms with Crippen LogP contribution in [0.1, 0.15) is 43.4 Å². The third kappa shape index (κ3) is 5.61. The molecule has 1 aliphatic carbocycles. The van der Waals surface area contributed by atoms with Crippen molar-refractivity contribution in [3.8, 4) is 11.4 Å². The minimum absolute atomic E-state index is 0.0168. The number of aryl methyl sites for hydroxylation is 2. The summed E-state index contributed by atoms with van der Waals surface area (Å²) in [4.78, 5) is 53.9. The number of hydrogen-bond acceptors (Lipinski definition) is 8. The van der Waals surface area contributed by atoms with E-state index in [9.17, 15) is 14.4 Å². The maximum atomic E-state index is 15.8. The van der Waals surface area contributed by atoms with Crippen LogP contribution in [0.15, 0.2) is 56.6 Å². The maximum Gasteiger partial charge on any atom is 0.431 e. The number of aromatic nitrogens is 4. The summed E-state index contributed by atoms with van der Waals surface area (Å²) in [5.74, 6) is -1.93. The number of nitrogens with two attached hydrogens (primary N) is 1. The standard InChI is InChI=1S/C32H31Cl2F4N7O4/c1-4-19-27(20(5-2)41-14-40-19)45-26-16(25-29(31(45)48)49-10-7-15-13-42(22(46)6-3)8-9-43(15)25)11-21(32(36,37)38)44(30(26)47)28-23(35)17(33)12-18(34)24(28)39/h6,11-12,14-15,24,28H,3-5,7-10,13,39H2,1-2H3/t15-,24+,28?/m0/s1. The van der Waals surface area contributed by atoms with Gasteiger partial charge in [-0.2, -0.15) is 13.2 Å². The zero-order valence-electron chi connectivity index (χ0n) is 26.4. The second-order valence-electron chi connectivity index (χ2n) is 11.8. The number of ether oxygens (including phenoxy) is 1. The minimum Gasteiger partial charge on any atom is -0.486 e. The summed E-state index contributed by atoms with van der Waals surface area (Å²) in [6.45, 7) is 7.43. The molecule has 3 aliphatic rings. The van der Waals surface area contributed by atoms with Crippen LogP contribution >= 0.6 is 23.2 Å². The summed E-state index contributed by atoms with van der Waals surface area (Å²) in [5.41, 5.74) is 2.57. The largest absolute Gasteiger partial charge is 0.486 e. The van der Waals surface area contributed by atoms with Crippen LogP contribution in [0.2, 0.25) is 0 Å². The fourth-order valence-electron chi connectivity index (χ4n) is 6.83. The van der Waals surface area contributed by atoms with E-state index >= 15 is 17.6 Å². The second-order valence-corrected chi connectivity index (χ2v) is 12.6. The molecule has 1 saturated heterocycles. The van der Waals surface area contributed by atoms with Crippen molar-refractivity contribution < 1.29 is 27.1 Å². The summed E-state index contributed by atoms with van der Waals surface area (Å²) < 4.78 is 68.3. The van der Waals surface area contributed by atoms with Crippen molar-refractivity contribution in [1.29, 1.82) is 0 Å². The molecule has 3 atom stereocenters. The van der Waals surface area contributed by atoms with Crippen LogP contribution in [0, 0.1) is 0 Å². The predicted octanol–water partition coefficient (Wildman–Crippen LogP) is 4.50. The van der Waals surface area contributed by atoms with Gasteiger partial charge in [0.15, 0.2) is 0 Å². The van der Waals surface area contributed by atoms with E-state index < -0.39 is 57.5 Å². The molecule has 49 heavy (non-hydrogen) atoms. The van der Waals surface area contributed by atoms with E-state index in [-0.39, 0.29) is 77.1 Å². The molecular weight excluding hydrogens is 693 g/mol. The fraction of sp³-hybridized carbons (Fsp3) is 0.406. The molecule has 17 heteroatoms. The van der Waals surface area contributed by atoms with Gasteiger partial charge in [0.05, 0.1) is 46.5 Å². The average molecular weight is 725 g/mol. The van der Waals surface area contributed by atoms with Gasteiger partial charge in [-0.25, -0.2) is 14.4 Å². The highest BCUT2D eigenvalue weighted by Gasteiger charge is 2.44. The van der Waals surface area contributed by atoms with Crippen molar-refractivity contribution in [2.75, 3.05) is 31.1 Å². The highest BCUT2D eigenvalue weighted by molar-refractivity contribution is 6.35. The quantitative estimate of drug-likeness (QED) is 0.301. The first-order valence-corrected chi connectivity index (χ1v) is 16.3. The Morgan fingerprint density at radius 1 is 1.12 bits per heavy atom. The zero-order valence-corrected chi connectivity index (χ0v) is 27.9. The topological polar surface area (TPSA) is 129 Å². The van der Waals surface area contributed by atoms with Gasteiger partial charge >= 0.3 is 6.18 Å². The van der Waals surface area contributed by atoms with Gasteiger partial charge in [-0.15, -0.1) is 0 Å². The summed E-state index contributed by atoms with van der Waals surface area (Å²) in [6, 6.07) is -3.55. The number of rotatable bonds is 5. The van der Waals surface area contributed by atoms with Crippen molar-refractivity contribution in [3.63, 3.8) is 0 Å². The monoisotopic (exact) mass is 723 g/mol. The van der Waals surface area contributed by atoms with Gasteiger partial charge in [-0.3, -0.25) is 23.5 Å². The van der Waals surface area contributed by atoms with Gasteiger partial charge in [0.25, 0.3) is 11.1 Å². The maximum absolute atomic E-state index is 15.8. The first kappa shape index (κ1) is 34.6. The molecule has 11 nitrogen and oxygen atoms in total. The van der Waals surface area contributed by atoms with Crippen molar-refractivity contribution in [2.45, 2.75) is 57.4 Å². The molecule has 1 unspecified atom stereocenters. The third-order valence-electron chi connectivity index (χ3n) is 9.11. The Labute approximate surface area is 286 Å². The van der Waals surface area contributed by atoms with E-state index in [1.807, 2.05) is 0 Å². The molecular formula is C32H31Cl2F4N7O4. The lowest BCUT2D eigenvalue weighted by Crippen LogP contribution is -2.54. The van der Waals surface area contributed by atoms with Crippen LogP contribution in [0.3, 0.4) is 0 Å². The number of alkyl halides is 3. The van der Waals surface area contributed by atoms with Crippen molar-refractivity contribution in [1.82, 2.24) is 24.0 Å². The van der Waals surface area contributed by atoms with Crippen LogP contribution in [-0.2, 0) is 23.8 Å². The number of amides is 1. The Bertz CT molecular complexity index is 2050. The molecule has 6 rings (SSSR count). The molecule has 1 amide bonds. The molecule has 0 radical (unpaired) electrons. The lowest BCUT2D eigenvalue weighted by Gasteiger charge is -2.42. The third-order valence-corrected chi connectivity index (χ3v) is 9.76. The Hall–Kier alpha value is -4.21. The van der Waals surface area contributed by atoms with E-state index in [1.165, 1.54) is 12.4 Å². The smallest absolute Gasteiger partial charge is 0.431 e. The van der Waals surface area contributed by atoms with Crippen molar-refractivity contribution in [3.05, 3.63) is 84.8 Å². The lowest BCUT2D eigenvalue weighted by molar-refractivity contribution is -0.144. The lowest BCUT2D eigenvalue weighted by atomic mass is 9.99. The fourth-order valence-corrected chi connectivity index (χ4v) is 7.34. The molecule has 0 bridgehead atoms. The van der Waals surface area contributed by atoms with E-state index in [2.05, 4.69) is 16.5 Å². The molecule has 0 saturated carbocycles. The Kier molecular flexibility index (Phi) is 9.13. The molecule has 1 fully saturated rings. The number of pyridine rings is 2. The molecule has 3 aromatic rings. The number of halogens is 6. The van der Waals surface area contributed by atoms with Crippen LogP contribution in [0.5, 0.6) is 5.75 Å². The first-order valence-electron chi connectivity index (χ1n) is 15.5. The predicted molar refractivity (Wildman–Crippen MR) is 176 cm³/mol. The number of hydrogen-bond donors (Lipinski definition) is 1. The van der Waals surface area contributed by atoms with E-state index in [0.717, 1.165) is 10.6 Å². The number of piperazine rings is 1. The van der Waals surface area contributed by atoms with Gasteiger partial charge in [0.2, 0.25) is 11.7 Å². The van der Waals surface area contributed by atoms with E-state index in [1.54, 1.807) is 23.6 Å². The molecule has 3 aromatic heterocycles. The minimum atomic E-state index is -5.24. The molecule has 2 aliphatic heterocycles. The summed E-state index contributed by atoms with van der Waals surface area (Å²) in [5, 5.41) is -1.19. The van der Waals surface area contributed by atoms with Gasteiger partial charge in [-0.1, -0.05) is 43.6 Å². The average Bonchev–Trinajstić information content (AvgIpc) is 3.27. The highest BCUT2D eigenvalue weighted by Crippen LogP contribution is 2.44. The molecule has 0 spiro atoms. The van der Waals surface area contributed by atoms with E-state index in [4.69, 9.17) is 33.7 Å². The van der Waals surface area contributed by atoms with Gasteiger partial charge in [-0.05, 0) is 31.1 Å². The van der Waals surface area contributed by atoms with E-state index in [0.29, 0.717) is 23.9 Å². The number of anilines is 1. The summed E-state index contributed by atoms with van der Waals surface area (Å²) in [6.07, 6.45) is -1.00. The van der Waals surface area contributed by atoms with Gasteiger partial charge in [0, 0.05) is 36.5 Å². The second kappa shape index (κ2) is 12.9. The van der Waals surface area contributed by atoms with Crippen molar-refractivity contribution >= 4 is 45.7 Å². The number of fused-ring (bicyclic) bond motifs is 5. The van der Waals surface area contributed by atoms with Gasteiger partial charge in [0.1, 0.15) is 29.4 Å². The Morgan fingerprint density at radius 3 is 2.41 bits per heavy atom. The van der Waals surface area contributed by atoms with Crippen LogP contribution in [0.4, 0.5) is 23.2 Å². The van der Waals surface area contributed by atoms with Gasteiger partial charge < -0.3 is 20.3 Å². The molecule has 0 aromatic carbocycles. The zero-order chi connectivity index (χ0) is 35.5. The SMILES string of the molecule is C=CC(=O)N1CCN2c3c(c(=O)n(-c4c(CC)ncnc4CC)c4c(=O)n(C5C(F)=C(Cl)C=C(Cl)[C@H]5N)c(C(F)(F)F)cc34)OCC[C@H]2C1. The number of carbonyl (C=O) groups excluding carboxylic acids is 1. The van der Waals surface area contributed by atoms with Crippen molar-refractivity contribution in [2.24, 2.45) is 5.73 Å². The Morgan fingerprint density at radius 2 is 1.80 bits per heavy atom. The normalized spacial score (nSPS) is 21.2. The van der Waals surface area contributed by atoms with Crippen LogP contribution in [0.25, 0.3) is 16.6 Å². The van der Waals surface area contributed by atoms with Crippen LogP contribution < -0.4 is 26.5 Å². The number of nitrogens with zero attached hydrogens (tertiary/aromatic N) is 6. The molecule has 2 N–H and O–H groups in total. The number of carbonyl (C=O) groups is 1. The van der Waals surface area contributed by atoms with Crippen LogP contribution in [-0.4, -0.2) is 68.2 Å². The molecule has 5 heterocycles. The first-order chi connectivity index (χ1) is 23.2.